The van der Waals surface area contributed by atoms with E-state index in [0.717, 1.165) is 6.07 Å². The summed E-state index contributed by atoms with van der Waals surface area (Å²) in [5.41, 5.74) is 1.01. The molecule has 0 saturated carbocycles. The van der Waals surface area contributed by atoms with Crippen molar-refractivity contribution >= 4 is 33.6 Å². The van der Waals surface area contributed by atoms with Crippen LogP contribution in [0.3, 0.4) is 0 Å². The topological polar surface area (TPSA) is 106 Å². The molecule has 2 aromatic rings. The molecule has 2 aromatic carbocycles. The average Bonchev–Trinajstić information content (AvgIpc) is 2.52. The van der Waals surface area contributed by atoms with Crippen molar-refractivity contribution in [1.29, 1.82) is 0 Å². The van der Waals surface area contributed by atoms with Crippen LogP contribution in [0.2, 0.25) is 0 Å². The van der Waals surface area contributed by atoms with Crippen LogP contribution in [0.5, 0.6) is 0 Å². The molecule has 0 heterocycles. The van der Waals surface area contributed by atoms with E-state index in [4.69, 9.17) is 0 Å². The zero-order valence-corrected chi connectivity index (χ0v) is 13.8. The molecule has 0 aliphatic carbocycles. The normalized spacial score (nSPS) is 11.4. The van der Waals surface area contributed by atoms with Crippen LogP contribution in [0.4, 0.5) is 15.3 Å². The fourth-order valence-corrected chi connectivity index (χ4v) is 2.74. The number of anilines is 1. The van der Waals surface area contributed by atoms with Crippen LogP contribution in [-0.4, -0.2) is 19.2 Å². The number of non-ortho nitro benzene ring substituents is 1. The van der Waals surface area contributed by atoms with Crippen molar-refractivity contribution in [2.45, 2.75) is 11.8 Å². The molecule has 0 saturated heterocycles. The van der Waals surface area contributed by atoms with Gasteiger partial charge in [-0.15, -0.1) is 3.89 Å². The molecule has 1 N–H and O–H groups in total. The highest BCUT2D eigenvalue weighted by Gasteiger charge is 2.15. The number of nitro groups is 1. The van der Waals surface area contributed by atoms with Crippen LogP contribution in [0.25, 0.3) is 6.08 Å². The van der Waals surface area contributed by atoms with Gasteiger partial charge in [0.1, 0.15) is 4.90 Å². The molecule has 0 fully saturated rings. The Morgan fingerprint density at radius 1 is 1.20 bits per heavy atom. The van der Waals surface area contributed by atoms with E-state index in [9.17, 15) is 27.2 Å². The second kappa shape index (κ2) is 7.22. The molecular formula is C16H13FN2O5S. The van der Waals surface area contributed by atoms with Crippen LogP contribution in [0, 0.1) is 17.0 Å². The van der Waals surface area contributed by atoms with Gasteiger partial charge in [-0.3, -0.25) is 14.9 Å². The maximum Gasteiger partial charge on any atom is 0.332 e. The van der Waals surface area contributed by atoms with Gasteiger partial charge in [-0.2, -0.15) is 8.42 Å². The summed E-state index contributed by atoms with van der Waals surface area (Å²) in [5, 5.41) is 13.1. The van der Waals surface area contributed by atoms with E-state index in [1.165, 1.54) is 55.5 Å². The van der Waals surface area contributed by atoms with E-state index in [1.54, 1.807) is 0 Å². The molecule has 1 amide bonds. The summed E-state index contributed by atoms with van der Waals surface area (Å²) in [6.07, 6.45) is 2.68. The molecule has 25 heavy (non-hydrogen) atoms. The Kier molecular flexibility index (Phi) is 5.28. The number of nitrogens with one attached hydrogen (secondary N) is 1. The number of halogens is 1. The highest BCUT2D eigenvalue weighted by Crippen LogP contribution is 2.21. The van der Waals surface area contributed by atoms with Gasteiger partial charge in [-0.05, 0) is 54.5 Å². The van der Waals surface area contributed by atoms with E-state index in [1.807, 2.05) is 0 Å². The molecule has 0 aromatic heterocycles. The number of aryl methyl sites for hydroxylation is 1. The van der Waals surface area contributed by atoms with Crippen molar-refractivity contribution in [3.05, 3.63) is 69.8 Å². The van der Waals surface area contributed by atoms with Gasteiger partial charge < -0.3 is 5.32 Å². The molecule has 9 heteroatoms. The zero-order valence-electron chi connectivity index (χ0n) is 13.0. The smallest absolute Gasteiger partial charge is 0.323 e. The highest BCUT2D eigenvalue weighted by molar-refractivity contribution is 7.86. The average molecular weight is 364 g/mol. The van der Waals surface area contributed by atoms with E-state index >= 15 is 0 Å². The second-order valence-corrected chi connectivity index (χ2v) is 6.40. The number of carbonyl (C=O) groups is 1. The van der Waals surface area contributed by atoms with Crippen LogP contribution in [-0.2, 0) is 15.0 Å². The summed E-state index contributed by atoms with van der Waals surface area (Å²) in [6, 6.07) is 9.30. The lowest BCUT2D eigenvalue weighted by Gasteiger charge is -2.06. The van der Waals surface area contributed by atoms with Crippen LogP contribution in [0.1, 0.15) is 11.1 Å². The Morgan fingerprint density at radius 2 is 1.84 bits per heavy atom. The van der Waals surface area contributed by atoms with Crippen molar-refractivity contribution in [3.8, 4) is 0 Å². The lowest BCUT2D eigenvalue weighted by Crippen LogP contribution is -2.08. The molecule has 0 bridgehead atoms. The Bertz CT molecular complexity index is 953. The largest absolute Gasteiger partial charge is 0.332 e. The third kappa shape index (κ3) is 4.95. The van der Waals surface area contributed by atoms with Gasteiger partial charge in [-0.1, -0.05) is 0 Å². The highest BCUT2D eigenvalue weighted by atomic mass is 32.3. The summed E-state index contributed by atoms with van der Waals surface area (Å²) in [4.78, 5) is 21.4. The maximum absolute atomic E-state index is 13.0. The Morgan fingerprint density at radius 3 is 2.36 bits per heavy atom. The lowest BCUT2D eigenvalue weighted by atomic mass is 10.2. The van der Waals surface area contributed by atoms with Crippen molar-refractivity contribution < 1.29 is 22.0 Å². The summed E-state index contributed by atoms with van der Waals surface area (Å²) < 4.78 is 34.8. The van der Waals surface area contributed by atoms with Gasteiger partial charge in [0.25, 0.3) is 5.69 Å². The minimum atomic E-state index is -4.81. The first-order valence-electron chi connectivity index (χ1n) is 6.95. The number of hydrogen-bond donors (Lipinski definition) is 1. The monoisotopic (exact) mass is 364 g/mol. The van der Waals surface area contributed by atoms with Crippen molar-refractivity contribution in [2.75, 3.05) is 5.32 Å². The Hall–Kier alpha value is -3.07. The predicted molar refractivity (Wildman–Crippen MR) is 90.2 cm³/mol. The zero-order chi connectivity index (χ0) is 18.6. The summed E-state index contributed by atoms with van der Waals surface area (Å²) >= 11 is 0. The van der Waals surface area contributed by atoms with E-state index in [2.05, 4.69) is 5.32 Å². The van der Waals surface area contributed by atoms with Gasteiger partial charge in [-0.25, -0.2) is 0 Å². The molecule has 0 spiro atoms. The summed E-state index contributed by atoms with van der Waals surface area (Å²) in [5.74, 6) is -0.492. The molecule has 7 nitrogen and oxygen atoms in total. The molecule has 130 valence electrons. The number of amides is 1. The number of carbonyl (C=O) groups excluding carboxylic acids is 1. The molecule has 2 rings (SSSR count). The van der Waals surface area contributed by atoms with Gasteiger partial charge in [0, 0.05) is 23.9 Å². The number of nitro benzene ring substituents is 1. The first-order valence-corrected chi connectivity index (χ1v) is 8.34. The maximum atomic E-state index is 13.0. The second-order valence-electron chi connectivity index (χ2n) is 5.09. The lowest BCUT2D eigenvalue weighted by molar-refractivity contribution is -0.384. The quantitative estimate of drug-likeness (QED) is 0.379. The number of nitrogens with zero attached hydrogens (tertiary/aromatic N) is 1. The van der Waals surface area contributed by atoms with Crippen molar-refractivity contribution in [3.63, 3.8) is 0 Å². The molecule has 0 radical (unpaired) electrons. The van der Waals surface area contributed by atoms with E-state index in [0.29, 0.717) is 11.3 Å². The fourth-order valence-electron chi connectivity index (χ4n) is 2.06. The minimum Gasteiger partial charge on any atom is -0.323 e. The summed E-state index contributed by atoms with van der Waals surface area (Å²) in [7, 11) is -4.81. The van der Waals surface area contributed by atoms with Gasteiger partial charge in [0.15, 0.2) is 0 Å². The van der Waals surface area contributed by atoms with Gasteiger partial charge in [0.05, 0.1) is 4.92 Å². The van der Waals surface area contributed by atoms with E-state index in [-0.39, 0.29) is 11.3 Å². The number of benzene rings is 2. The number of rotatable bonds is 5. The first-order chi connectivity index (χ1) is 11.7. The SMILES string of the molecule is Cc1cc(NC(=O)/C=C/c2ccc([N+](=O)[O-])cc2)ccc1S(=O)(=O)F. The fraction of sp³-hybridized carbons (Fsp3) is 0.0625. The number of hydrogen-bond acceptors (Lipinski definition) is 5. The third-order valence-corrected chi connectivity index (χ3v) is 4.22. The van der Waals surface area contributed by atoms with E-state index < -0.39 is 25.9 Å². The van der Waals surface area contributed by atoms with Crippen molar-refractivity contribution in [1.82, 2.24) is 0 Å². The molecule has 0 atom stereocenters. The Labute approximate surface area is 143 Å². The third-order valence-electron chi connectivity index (χ3n) is 3.24. The standard InChI is InChI=1S/C16H13FN2O5S/c1-11-10-13(5-8-15(11)25(17,23)24)18-16(20)9-4-12-2-6-14(7-3-12)19(21)22/h2-10H,1H3,(H,18,20)/b9-4+. The predicted octanol–water partition coefficient (Wildman–Crippen LogP) is 3.21. The van der Waals surface area contributed by atoms with Crippen LogP contribution in [0.15, 0.2) is 53.4 Å². The van der Waals surface area contributed by atoms with Gasteiger partial charge in [0.2, 0.25) is 5.91 Å². The molecule has 0 unspecified atom stereocenters. The van der Waals surface area contributed by atoms with Crippen LogP contribution < -0.4 is 5.32 Å². The molecular weight excluding hydrogens is 351 g/mol. The first kappa shape index (κ1) is 18.3. The van der Waals surface area contributed by atoms with Gasteiger partial charge >= 0.3 is 10.2 Å². The minimum absolute atomic E-state index is 0.0556. The summed E-state index contributed by atoms with van der Waals surface area (Å²) in [6.45, 7) is 1.41. The van der Waals surface area contributed by atoms with Crippen LogP contribution >= 0.6 is 0 Å². The van der Waals surface area contributed by atoms with Crippen molar-refractivity contribution in [2.24, 2.45) is 0 Å². The molecule has 0 aliphatic heterocycles. The Balaban J connectivity index is 2.07. The molecule has 0 aliphatic rings.